The second kappa shape index (κ2) is 5.22. The Balaban J connectivity index is 2.34. The van der Waals surface area contributed by atoms with Crippen molar-refractivity contribution in [1.82, 2.24) is 9.55 Å². The van der Waals surface area contributed by atoms with Gasteiger partial charge in [-0.3, -0.25) is 0 Å². The SMILES string of the molecule is NCc1cncn1-c1ccc(OC(F)(F)F)c(Br)c1. The van der Waals surface area contributed by atoms with Crippen LogP contribution in [0.25, 0.3) is 5.69 Å². The molecule has 0 spiro atoms. The highest BCUT2D eigenvalue weighted by atomic mass is 79.9. The molecule has 0 saturated heterocycles. The van der Waals surface area contributed by atoms with E-state index < -0.39 is 6.36 Å². The van der Waals surface area contributed by atoms with Gasteiger partial charge in [-0.15, -0.1) is 13.2 Å². The van der Waals surface area contributed by atoms with Crippen LogP contribution < -0.4 is 10.5 Å². The van der Waals surface area contributed by atoms with Gasteiger partial charge in [0.05, 0.1) is 16.5 Å². The number of hydrogen-bond donors (Lipinski definition) is 1. The standard InChI is InChI=1S/C11H9BrF3N3O/c12-9-3-7(18-6-17-5-8(18)4-16)1-2-10(9)19-11(13,14)15/h1-3,5-6H,4,16H2. The maximum absolute atomic E-state index is 12.1. The molecule has 1 aromatic carbocycles. The first-order chi connectivity index (χ1) is 8.90. The summed E-state index contributed by atoms with van der Waals surface area (Å²) in [5.41, 5.74) is 6.92. The van der Waals surface area contributed by atoms with Crippen molar-refractivity contribution in [3.05, 3.63) is 40.9 Å². The van der Waals surface area contributed by atoms with Crippen LogP contribution in [0.1, 0.15) is 5.69 Å². The Morgan fingerprint density at radius 1 is 1.37 bits per heavy atom. The molecule has 0 fully saturated rings. The fourth-order valence-corrected chi connectivity index (χ4v) is 2.00. The van der Waals surface area contributed by atoms with Crippen molar-refractivity contribution in [3.8, 4) is 11.4 Å². The highest BCUT2D eigenvalue weighted by Crippen LogP contribution is 2.32. The number of nitrogens with two attached hydrogens (primary N) is 1. The fourth-order valence-electron chi connectivity index (χ4n) is 1.55. The Kier molecular flexibility index (Phi) is 3.81. The second-order valence-electron chi connectivity index (χ2n) is 3.62. The van der Waals surface area contributed by atoms with Gasteiger partial charge >= 0.3 is 6.36 Å². The van der Waals surface area contributed by atoms with Gasteiger partial charge in [-0.2, -0.15) is 0 Å². The van der Waals surface area contributed by atoms with Gasteiger partial charge in [0.2, 0.25) is 0 Å². The minimum atomic E-state index is -4.72. The molecule has 0 aliphatic rings. The van der Waals surface area contributed by atoms with Gasteiger partial charge in [0.15, 0.2) is 0 Å². The fraction of sp³-hybridized carbons (Fsp3) is 0.182. The van der Waals surface area contributed by atoms with Crippen LogP contribution in [-0.2, 0) is 6.54 Å². The van der Waals surface area contributed by atoms with Crippen molar-refractivity contribution in [2.75, 3.05) is 0 Å². The molecule has 19 heavy (non-hydrogen) atoms. The van der Waals surface area contributed by atoms with Gasteiger partial charge in [-0.25, -0.2) is 4.98 Å². The second-order valence-corrected chi connectivity index (χ2v) is 4.48. The molecule has 2 rings (SSSR count). The van der Waals surface area contributed by atoms with E-state index in [1.807, 2.05) is 0 Å². The molecular formula is C11H9BrF3N3O. The number of ether oxygens (including phenoxy) is 1. The number of benzene rings is 1. The third-order valence-electron chi connectivity index (χ3n) is 2.34. The molecule has 0 bridgehead atoms. The van der Waals surface area contributed by atoms with E-state index in [9.17, 15) is 13.2 Å². The largest absolute Gasteiger partial charge is 0.573 e. The lowest BCUT2D eigenvalue weighted by Gasteiger charge is -2.12. The van der Waals surface area contributed by atoms with Crippen LogP contribution in [0.3, 0.4) is 0 Å². The van der Waals surface area contributed by atoms with Gasteiger partial charge in [0, 0.05) is 18.4 Å². The molecule has 0 saturated carbocycles. The Hall–Kier alpha value is -1.54. The van der Waals surface area contributed by atoms with E-state index in [1.54, 1.807) is 10.8 Å². The number of nitrogens with zero attached hydrogens (tertiary/aromatic N) is 2. The highest BCUT2D eigenvalue weighted by Gasteiger charge is 2.32. The Morgan fingerprint density at radius 2 is 2.11 bits per heavy atom. The minimum absolute atomic E-state index is 0.194. The Morgan fingerprint density at radius 3 is 2.68 bits per heavy atom. The zero-order valence-electron chi connectivity index (χ0n) is 9.49. The summed E-state index contributed by atoms with van der Waals surface area (Å²) in [6.07, 6.45) is -1.59. The lowest BCUT2D eigenvalue weighted by molar-refractivity contribution is -0.274. The van der Waals surface area contributed by atoms with E-state index in [4.69, 9.17) is 5.73 Å². The molecule has 8 heteroatoms. The maximum Gasteiger partial charge on any atom is 0.573 e. The Bertz CT molecular complexity index is 583. The summed E-state index contributed by atoms with van der Waals surface area (Å²) in [6.45, 7) is 0.276. The topological polar surface area (TPSA) is 53.1 Å². The Labute approximate surface area is 115 Å². The van der Waals surface area contributed by atoms with Gasteiger partial charge < -0.3 is 15.0 Å². The normalized spacial score (nSPS) is 11.6. The molecule has 102 valence electrons. The van der Waals surface area contributed by atoms with E-state index in [-0.39, 0.29) is 16.8 Å². The first-order valence-electron chi connectivity index (χ1n) is 5.17. The lowest BCUT2D eigenvalue weighted by Crippen LogP contribution is -2.17. The van der Waals surface area contributed by atoms with Crippen LogP contribution in [0, 0.1) is 0 Å². The number of imidazole rings is 1. The zero-order chi connectivity index (χ0) is 14.0. The molecule has 0 amide bonds. The van der Waals surface area contributed by atoms with E-state index in [0.717, 1.165) is 5.69 Å². The minimum Gasteiger partial charge on any atom is -0.405 e. The van der Waals surface area contributed by atoms with E-state index >= 15 is 0 Å². The number of alkyl halides is 3. The number of hydrogen-bond acceptors (Lipinski definition) is 3. The van der Waals surface area contributed by atoms with Crippen molar-refractivity contribution in [2.24, 2.45) is 5.73 Å². The summed E-state index contributed by atoms with van der Waals surface area (Å²) < 4.78 is 42.2. The first kappa shape index (κ1) is 13.9. The molecule has 0 unspecified atom stereocenters. The van der Waals surface area contributed by atoms with Crippen LogP contribution in [-0.4, -0.2) is 15.9 Å². The molecule has 0 atom stereocenters. The summed E-state index contributed by atoms with van der Waals surface area (Å²) in [5, 5.41) is 0. The third kappa shape index (κ3) is 3.27. The average Bonchev–Trinajstić information content (AvgIpc) is 2.78. The number of rotatable bonds is 3. The molecule has 0 aliphatic carbocycles. The molecular weight excluding hydrogens is 327 g/mol. The van der Waals surface area contributed by atoms with Crippen molar-refractivity contribution in [1.29, 1.82) is 0 Å². The molecule has 4 nitrogen and oxygen atoms in total. The quantitative estimate of drug-likeness (QED) is 0.938. The van der Waals surface area contributed by atoms with Crippen molar-refractivity contribution >= 4 is 15.9 Å². The van der Waals surface area contributed by atoms with Gasteiger partial charge in [0.25, 0.3) is 0 Å². The number of aromatic nitrogens is 2. The molecule has 1 heterocycles. The van der Waals surface area contributed by atoms with Crippen LogP contribution in [0.15, 0.2) is 35.2 Å². The predicted octanol–water partition coefficient (Wildman–Crippen LogP) is 2.99. The van der Waals surface area contributed by atoms with Crippen molar-refractivity contribution in [2.45, 2.75) is 12.9 Å². The molecule has 0 aliphatic heterocycles. The average molecular weight is 336 g/mol. The van der Waals surface area contributed by atoms with Crippen molar-refractivity contribution in [3.63, 3.8) is 0 Å². The maximum atomic E-state index is 12.1. The third-order valence-corrected chi connectivity index (χ3v) is 2.96. The summed E-state index contributed by atoms with van der Waals surface area (Å²) in [4.78, 5) is 3.94. The van der Waals surface area contributed by atoms with Gasteiger partial charge in [-0.1, -0.05) is 0 Å². The van der Waals surface area contributed by atoms with E-state index in [1.165, 1.54) is 24.5 Å². The van der Waals surface area contributed by atoms with Crippen LogP contribution >= 0.6 is 15.9 Å². The van der Waals surface area contributed by atoms with Crippen molar-refractivity contribution < 1.29 is 17.9 Å². The highest BCUT2D eigenvalue weighted by molar-refractivity contribution is 9.10. The predicted molar refractivity (Wildman–Crippen MR) is 65.8 cm³/mol. The van der Waals surface area contributed by atoms with E-state index in [0.29, 0.717) is 5.69 Å². The summed E-state index contributed by atoms with van der Waals surface area (Å²) >= 11 is 3.04. The first-order valence-corrected chi connectivity index (χ1v) is 5.97. The lowest BCUT2D eigenvalue weighted by atomic mass is 10.3. The van der Waals surface area contributed by atoms with Crippen LogP contribution in [0.2, 0.25) is 0 Å². The molecule has 1 aromatic heterocycles. The van der Waals surface area contributed by atoms with Gasteiger partial charge in [0.1, 0.15) is 5.75 Å². The van der Waals surface area contributed by atoms with Crippen LogP contribution in [0.5, 0.6) is 5.75 Å². The summed E-state index contributed by atoms with van der Waals surface area (Å²) in [6, 6.07) is 4.22. The molecule has 0 radical (unpaired) electrons. The van der Waals surface area contributed by atoms with Gasteiger partial charge in [-0.05, 0) is 34.1 Å². The molecule has 2 N–H and O–H groups in total. The summed E-state index contributed by atoms with van der Waals surface area (Å²) in [7, 11) is 0. The van der Waals surface area contributed by atoms with E-state index in [2.05, 4.69) is 25.7 Å². The summed E-state index contributed by atoms with van der Waals surface area (Å²) in [5.74, 6) is -0.300. The monoisotopic (exact) mass is 335 g/mol. The molecule has 2 aromatic rings. The number of halogens is 4. The zero-order valence-corrected chi connectivity index (χ0v) is 11.1. The smallest absolute Gasteiger partial charge is 0.405 e. The van der Waals surface area contributed by atoms with Crippen LogP contribution in [0.4, 0.5) is 13.2 Å².